The summed E-state index contributed by atoms with van der Waals surface area (Å²) in [6.07, 6.45) is 0.566. The van der Waals surface area contributed by atoms with Crippen molar-refractivity contribution in [1.29, 1.82) is 0 Å². The third kappa shape index (κ3) is 7.59. The fourth-order valence-corrected chi connectivity index (χ4v) is 3.18. The van der Waals surface area contributed by atoms with Crippen LogP contribution in [0.3, 0.4) is 0 Å². The minimum absolute atomic E-state index is 0.0668. The number of amides is 1. The van der Waals surface area contributed by atoms with E-state index in [1.165, 1.54) is 5.56 Å². The molecular formula is C28H29NO5. The number of anilines is 1. The Labute approximate surface area is 199 Å². The smallest absolute Gasteiger partial charge is 0.306 e. The standard InChI is InChI=1S/C28H29NO5/c1-19-7-10-22(11-8-19)26(30)18-33-28(32)6-4-5-27(31)29-23-12-15-24(16-13-23)34-25-14-9-20(2)21(3)17-25/h7-17H,4-6,18H2,1-3H3,(H,29,31). The topological polar surface area (TPSA) is 81.7 Å². The lowest BCUT2D eigenvalue weighted by Crippen LogP contribution is -2.15. The third-order valence-corrected chi connectivity index (χ3v) is 5.37. The molecule has 3 rings (SSSR count). The molecule has 34 heavy (non-hydrogen) atoms. The van der Waals surface area contributed by atoms with Gasteiger partial charge in [0.05, 0.1) is 0 Å². The maximum Gasteiger partial charge on any atom is 0.306 e. The number of hydrogen-bond acceptors (Lipinski definition) is 5. The summed E-state index contributed by atoms with van der Waals surface area (Å²) in [4.78, 5) is 36.1. The second kappa shape index (κ2) is 11.8. The highest BCUT2D eigenvalue weighted by molar-refractivity contribution is 5.98. The molecule has 0 bridgehead atoms. The molecule has 176 valence electrons. The number of nitrogens with one attached hydrogen (secondary N) is 1. The van der Waals surface area contributed by atoms with Crippen LogP contribution < -0.4 is 10.1 Å². The Kier molecular flexibility index (Phi) is 8.57. The predicted octanol–water partition coefficient (Wildman–Crippen LogP) is 5.94. The lowest BCUT2D eigenvalue weighted by molar-refractivity contribution is -0.142. The molecular weight excluding hydrogens is 430 g/mol. The number of rotatable bonds is 10. The Morgan fingerprint density at radius 3 is 2.12 bits per heavy atom. The van der Waals surface area contributed by atoms with E-state index in [9.17, 15) is 14.4 Å². The van der Waals surface area contributed by atoms with E-state index in [0.717, 1.165) is 16.9 Å². The van der Waals surface area contributed by atoms with Gasteiger partial charge in [0, 0.05) is 24.1 Å². The molecule has 0 spiro atoms. The van der Waals surface area contributed by atoms with Crippen LogP contribution in [0.15, 0.2) is 66.7 Å². The minimum atomic E-state index is -0.499. The van der Waals surface area contributed by atoms with E-state index in [-0.39, 0.29) is 31.1 Å². The van der Waals surface area contributed by atoms with Crippen molar-refractivity contribution in [2.45, 2.75) is 40.0 Å². The van der Waals surface area contributed by atoms with Crippen LogP contribution in [0.25, 0.3) is 0 Å². The highest BCUT2D eigenvalue weighted by Gasteiger charge is 2.11. The van der Waals surface area contributed by atoms with E-state index < -0.39 is 5.97 Å². The van der Waals surface area contributed by atoms with Crippen molar-refractivity contribution in [3.63, 3.8) is 0 Å². The maximum atomic E-state index is 12.2. The summed E-state index contributed by atoms with van der Waals surface area (Å²) < 4.78 is 10.9. The van der Waals surface area contributed by atoms with Gasteiger partial charge in [-0.3, -0.25) is 14.4 Å². The van der Waals surface area contributed by atoms with Crippen molar-refractivity contribution in [1.82, 2.24) is 0 Å². The third-order valence-electron chi connectivity index (χ3n) is 5.37. The molecule has 0 aliphatic heterocycles. The molecule has 0 heterocycles. The van der Waals surface area contributed by atoms with Gasteiger partial charge in [0.2, 0.25) is 5.91 Å². The van der Waals surface area contributed by atoms with Gasteiger partial charge in [0.1, 0.15) is 11.5 Å². The lowest BCUT2D eigenvalue weighted by atomic mass is 10.1. The summed E-state index contributed by atoms with van der Waals surface area (Å²) in [6.45, 7) is 5.71. The molecule has 0 aromatic heterocycles. The van der Waals surface area contributed by atoms with Crippen LogP contribution in [-0.4, -0.2) is 24.3 Å². The van der Waals surface area contributed by atoms with Crippen molar-refractivity contribution >= 4 is 23.3 Å². The van der Waals surface area contributed by atoms with Crippen LogP contribution in [-0.2, 0) is 14.3 Å². The van der Waals surface area contributed by atoms with Crippen LogP contribution in [0, 0.1) is 20.8 Å². The Morgan fingerprint density at radius 1 is 0.765 bits per heavy atom. The lowest BCUT2D eigenvalue weighted by Gasteiger charge is -2.09. The average Bonchev–Trinajstić information content (AvgIpc) is 2.81. The summed E-state index contributed by atoms with van der Waals surface area (Å²) in [5.41, 5.74) is 4.55. The van der Waals surface area contributed by atoms with E-state index in [1.807, 2.05) is 51.1 Å². The maximum absolute atomic E-state index is 12.2. The quantitative estimate of drug-likeness (QED) is 0.300. The van der Waals surface area contributed by atoms with E-state index in [4.69, 9.17) is 9.47 Å². The van der Waals surface area contributed by atoms with E-state index in [1.54, 1.807) is 36.4 Å². The van der Waals surface area contributed by atoms with Crippen molar-refractivity contribution in [3.05, 3.63) is 89.0 Å². The molecule has 0 aliphatic carbocycles. The molecule has 1 N–H and O–H groups in total. The number of ketones is 1. The molecule has 0 atom stereocenters. The van der Waals surface area contributed by atoms with Gasteiger partial charge in [-0.25, -0.2) is 0 Å². The number of aryl methyl sites for hydroxylation is 3. The van der Waals surface area contributed by atoms with Crippen LogP contribution in [0.5, 0.6) is 11.5 Å². The fourth-order valence-electron chi connectivity index (χ4n) is 3.18. The Balaban J connectivity index is 1.36. The molecule has 6 heteroatoms. The fraction of sp³-hybridized carbons (Fsp3) is 0.250. The van der Waals surface area contributed by atoms with E-state index >= 15 is 0 Å². The molecule has 6 nitrogen and oxygen atoms in total. The zero-order valence-electron chi connectivity index (χ0n) is 19.7. The first-order chi connectivity index (χ1) is 16.3. The predicted molar refractivity (Wildman–Crippen MR) is 131 cm³/mol. The normalized spacial score (nSPS) is 10.4. The number of hydrogen-bond donors (Lipinski definition) is 1. The largest absolute Gasteiger partial charge is 0.457 e. The van der Waals surface area contributed by atoms with Gasteiger partial charge in [-0.05, 0) is 74.7 Å². The van der Waals surface area contributed by atoms with Gasteiger partial charge < -0.3 is 14.8 Å². The minimum Gasteiger partial charge on any atom is -0.457 e. The second-order valence-corrected chi connectivity index (χ2v) is 8.22. The summed E-state index contributed by atoms with van der Waals surface area (Å²) in [7, 11) is 0. The van der Waals surface area contributed by atoms with Crippen molar-refractivity contribution in [3.8, 4) is 11.5 Å². The Bertz CT molecular complexity index is 1150. The summed E-state index contributed by atoms with van der Waals surface area (Å²) in [6, 6.07) is 20.1. The SMILES string of the molecule is Cc1ccc(C(=O)COC(=O)CCCC(=O)Nc2ccc(Oc3ccc(C)c(C)c3)cc2)cc1. The van der Waals surface area contributed by atoms with Gasteiger partial charge in [0.25, 0.3) is 0 Å². The number of carbonyl (C=O) groups excluding carboxylic acids is 3. The molecule has 0 aliphatic rings. The molecule has 1 amide bonds. The first-order valence-corrected chi connectivity index (χ1v) is 11.2. The highest BCUT2D eigenvalue weighted by atomic mass is 16.5. The van der Waals surface area contributed by atoms with Crippen LogP contribution >= 0.6 is 0 Å². The number of ether oxygens (including phenoxy) is 2. The van der Waals surface area contributed by atoms with Gasteiger partial charge in [-0.2, -0.15) is 0 Å². The van der Waals surface area contributed by atoms with Crippen molar-refractivity contribution in [2.75, 3.05) is 11.9 Å². The summed E-state index contributed by atoms with van der Waals surface area (Å²) in [5.74, 6) is 0.472. The van der Waals surface area contributed by atoms with Gasteiger partial charge in [-0.15, -0.1) is 0 Å². The number of carbonyl (C=O) groups is 3. The molecule has 0 unspecified atom stereocenters. The highest BCUT2D eigenvalue weighted by Crippen LogP contribution is 2.25. The van der Waals surface area contributed by atoms with E-state index in [2.05, 4.69) is 5.32 Å². The van der Waals surface area contributed by atoms with Crippen LogP contribution in [0.1, 0.15) is 46.3 Å². The molecule has 0 radical (unpaired) electrons. The molecule has 0 saturated carbocycles. The summed E-state index contributed by atoms with van der Waals surface area (Å²) in [5, 5.41) is 2.80. The first kappa shape index (κ1) is 24.7. The zero-order chi connectivity index (χ0) is 24.5. The van der Waals surface area contributed by atoms with Crippen LogP contribution in [0.2, 0.25) is 0 Å². The Hall–Kier alpha value is -3.93. The first-order valence-electron chi connectivity index (χ1n) is 11.2. The van der Waals surface area contributed by atoms with Crippen molar-refractivity contribution < 1.29 is 23.9 Å². The average molecular weight is 460 g/mol. The van der Waals surface area contributed by atoms with Gasteiger partial charge in [0.15, 0.2) is 12.4 Å². The van der Waals surface area contributed by atoms with E-state index in [0.29, 0.717) is 23.4 Å². The number of Topliss-reactive ketones (excluding diaryl/α,β-unsaturated/α-hetero) is 1. The second-order valence-electron chi connectivity index (χ2n) is 8.22. The zero-order valence-corrected chi connectivity index (χ0v) is 19.7. The van der Waals surface area contributed by atoms with Crippen LogP contribution in [0.4, 0.5) is 5.69 Å². The number of esters is 1. The molecule has 0 saturated heterocycles. The van der Waals surface area contributed by atoms with Crippen molar-refractivity contribution in [2.24, 2.45) is 0 Å². The van der Waals surface area contributed by atoms with Gasteiger partial charge >= 0.3 is 5.97 Å². The summed E-state index contributed by atoms with van der Waals surface area (Å²) >= 11 is 0. The monoisotopic (exact) mass is 459 g/mol. The van der Waals surface area contributed by atoms with Gasteiger partial charge in [-0.1, -0.05) is 35.9 Å². The number of benzene rings is 3. The molecule has 3 aromatic carbocycles. The Morgan fingerprint density at radius 2 is 1.44 bits per heavy atom. The molecule has 0 fully saturated rings. The molecule has 3 aromatic rings.